The average molecular weight is 173 g/mol. The van der Waals surface area contributed by atoms with E-state index in [0.29, 0.717) is 5.69 Å². The van der Waals surface area contributed by atoms with E-state index in [4.69, 9.17) is 0 Å². The number of rotatable bonds is 1. The molecule has 0 aliphatic heterocycles. The van der Waals surface area contributed by atoms with Crippen LogP contribution in [-0.2, 0) is 0 Å². The molecule has 0 saturated heterocycles. The summed E-state index contributed by atoms with van der Waals surface area (Å²) in [5, 5.41) is 2.63. The average Bonchev–Trinajstić information content (AvgIpc) is 2.06. The Morgan fingerprint density at radius 1 is 1.00 bits per heavy atom. The van der Waals surface area contributed by atoms with Gasteiger partial charge in [-0.3, -0.25) is 0 Å². The third kappa shape index (κ3) is 3.32. The summed E-state index contributed by atoms with van der Waals surface area (Å²) in [6, 6.07) is 3.28. The van der Waals surface area contributed by atoms with Crippen molar-refractivity contribution in [2.45, 2.75) is 13.8 Å². The molecule has 1 nitrogen and oxygen atoms in total. The van der Waals surface area contributed by atoms with Crippen LogP contribution in [-0.4, -0.2) is 7.05 Å². The van der Waals surface area contributed by atoms with E-state index in [1.807, 2.05) is 13.8 Å². The third-order valence-electron chi connectivity index (χ3n) is 1.15. The first kappa shape index (κ1) is 10.9. The van der Waals surface area contributed by atoms with Gasteiger partial charge in [-0.2, -0.15) is 0 Å². The summed E-state index contributed by atoms with van der Waals surface area (Å²) >= 11 is 0. The van der Waals surface area contributed by atoms with E-state index in [1.54, 1.807) is 7.05 Å². The maximum absolute atomic E-state index is 12.3. The molecule has 0 aliphatic rings. The fourth-order valence-corrected chi connectivity index (χ4v) is 0.698. The quantitative estimate of drug-likeness (QED) is 0.688. The smallest absolute Gasteiger partial charge is 0.128 e. The van der Waals surface area contributed by atoms with E-state index < -0.39 is 11.6 Å². The van der Waals surface area contributed by atoms with Crippen molar-refractivity contribution >= 4 is 5.69 Å². The molecule has 0 bridgehead atoms. The molecule has 0 amide bonds. The van der Waals surface area contributed by atoms with E-state index in [0.717, 1.165) is 6.07 Å². The van der Waals surface area contributed by atoms with Crippen molar-refractivity contribution in [2.24, 2.45) is 0 Å². The molecule has 0 atom stereocenters. The Labute approximate surface area is 71.4 Å². The molecule has 68 valence electrons. The summed E-state index contributed by atoms with van der Waals surface area (Å²) in [5.74, 6) is -1.13. The lowest BCUT2D eigenvalue weighted by Gasteiger charge is -1.98. The van der Waals surface area contributed by atoms with Crippen molar-refractivity contribution in [2.75, 3.05) is 12.4 Å². The third-order valence-corrected chi connectivity index (χ3v) is 1.15. The van der Waals surface area contributed by atoms with Crippen LogP contribution < -0.4 is 5.32 Å². The van der Waals surface area contributed by atoms with Crippen LogP contribution >= 0.6 is 0 Å². The predicted octanol–water partition coefficient (Wildman–Crippen LogP) is 3.03. The molecule has 3 heteroatoms. The highest BCUT2D eigenvalue weighted by Gasteiger charge is 1.96. The molecule has 12 heavy (non-hydrogen) atoms. The van der Waals surface area contributed by atoms with Crippen LogP contribution in [0.5, 0.6) is 0 Å². The van der Waals surface area contributed by atoms with Gasteiger partial charge in [0.05, 0.1) is 0 Å². The highest BCUT2D eigenvalue weighted by molar-refractivity contribution is 5.42. The molecular weight excluding hydrogens is 160 g/mol. The van der Waals surface area contributed by atoms with E-state index in [2.05, 4.69) is 5.32 Å². The van der Waals surface area contributed by atoms with Crippen molar-refractivity contribution in [1.82, 2.24) is 0 Å². The summed E-state index contributed by atoms with van der Waals surface area (Å²) in [6.07, 6.45) is 0. The van der Waals surface area contributed by atoms with Gasteiger partial charge in [-0.25, -0.2) is 8.78 Å². The summed E-state index contributed by atoms with van der Waals surface area (Å²) in [7, 11) is 1.61. The van der Waals surface area contributed by atoms with Gasteiger partial charge >= 0.3 is 0 Å². The Hall–Kier alpha value is -1.12. The van der Waals surface area contributed by atoms with Gasteiger partial charge in [0.2, 0.25) is 0 Å². The summed E-state index contributed by atoms with van der Waals surface area (Å²) in [4.78, 5) is 0. The van der Waals surface area contributed by atoms with E-state index in [-0.39, 0.29) is 0 Å². The molecule has 0 aromatic heterocycles. The first-order valence-corrected chi connectivity index (χ1v) is 3.86. The Kier molecular flexibility index (Phi) is 5.00. The maximum Gasteiger partial charge on any atom is 0.128 e. The van der Waals surface area contributed by atoms with Crippen LogP contribution in [0.25, 0.3) is 0 Å². The minimum atomic E-state index is -0.565. The molecule has 1 rings (SSSR count). The van der Waals surface area contributed by atoms with E-state index >= 15 is 0 Å². The highest BCUT2D eigenvalue weighted by atomic mass is 19.1. The lowest BCUT2D eigenvalue weighted by molar-refractivity contribution is 0.584. The molecule has 1 aromatic rings. The molecule has 0 saturated carbocycles. The molecule has 0 spiro atoms. The Morgan fingerprint density at radius 2 is 1.42 bits per heavy atom. The fraction of sp³-hybridized carbons (Fsp3) is 0.333. The molecule has 0 aliphatic carbocycles. The van der Waals surface area contributed by atoms with Gasteiger partial charge in [0.1, 0.15) is 11.6 Å². The van der Waals surface area contributed by atoms with Crippen molar-refractivity contribution in [3.8, 4) is 0 Å². The first-order valence-electron chi connectivity index (χ1n) is 3.86. The SMILES string of the molecule is CC.CNc1cc(F)cc(F)c1. The molecular formula is C9H13F2N. The molecule has 1 aromatic carbocycles. The Balaban J connectivity index is 0.000000561. The van der Waals surface area contributed by atoms with Crippen LogP contribution in [0.4, 0.5) is 14.5 Å². The summed E-state index contributed by atoms with van der Waals surface area (Å²) < 4.78 is 24.7. The molecule has 0 unspecified atom stereocenters. The van der Waals surface area contributed by atoms with Crippen molar-refractivity contribution in [3.63, 3.8) is 0 Å². The normalized spacial score (nSPS) is 8.42. The zero-order valence-corrected chi connectivity index (χ0v) is 7.49. The first-order chi connectivity index (χ1) is 5.72. The van der Waals surface area contributed by atoms with Gasteiger partial charge in [-0.05, 0) is 12.1 Å². The van der Waals surface area contributed by atoms with E-state index in [1.165, 1.54) is 12.1 Å². The number of halogens is 2. The molecule has 1 N–H and O–H groups in total. The number of hydrogen-bond acceptors (Lipinski definition) is 1. The standard InChI is InChI=1S/C7H7F2N.C2H6/c1-10-7-3-5(8)2-6(9)4-7;1-2/h2-4,10H,1H3;1-2H3. The van der Waals surface area contributed by atoms with Gasteiger partial charge in [-0.15, -0.1) is 0 Å². The van der Waals surface area contributed by atoms with Gasteiger partial charge in [0.15, 0.2) is 0 Å². The second-order valence-electron chi connectivity index (χ2n) is 1.91. The monoisotopic (exact) mass is 173 g/mol. The summed E-state index contributed by atoms with van der Waals surface area (Å²) in [5.41, 5.74) is 0.442. The minimum absolute atomic E-state index is 0.442. The predicted molar refractivity (Wildman–Crippen MR) is 47.3 cm³/mol. The minimum Gasteiger partial charge on any atom is -0.388 e. The highest BCUT2D eigenvalue weighted by Crippen LogP contribution is 2.11. The molecule has 0 heterocycles. The molecule has 0 radical (unpaired) electrons. The van der Waals surface area contributed by atoms with Gasteiger partial charge < -0.3 is 5.32 Å². The van der Waals surface area contributed by atoms with Crippen LogP contribution in [0.2, 0.25) is 0 Å². The fourth-order valence-electron chi connectivity index (χ4n) is 0.698. The van der Waals surface area contributed by atoms with Gasteiger partial charge in [0.25, 0.3) is 0 Å². The second-order valence-corrected chi connectivity index (χ2v) is 1.91. The topological polar surface area (TPSA) is 12.0 Å². The van der Waals surface area contributed by atoms with Crippen LogP contribution in [0.1, 0.15) is 13.8 Å². The van der Waals surface area contributed by atoms with Crippen molar-refractivity contribution in [3.05, 3.63) is 29.8 Å². The largest absolute Gasteiger partial charge is 0.388 e. The Bertz CT molecular complexity index is 216. The van der Waals surface area contributed by atoms with Crippen molar-refractivity contribution in [1.29, 1.82) is 0 Å². The van der Waals surface area contributed by atoms with Crippen LogP contribution in [0.3, 0.4) is 0 Å². The summed E-state index contributed by atoms with van der Waals surface area (Å²) in [6.45, 7) is 4.00. The Morgan fingerprint density at radius 3 is 1.75 bits per heavy atom. The lowest BCUT2D eigenvalue weighted by Crippen LogP contribution is -1.89. The van der Waals surface area contributed by atoms with Crippen LogP contribution in [0, 0.1) is 11.6 Å². The van der Waals surface area contributed by atoms with Gasteiger partial charge in [-0.1, -0.05) is 13.8 Å². The number of anilines is 1. The number of nitrogens with one attached hydrogen (secondary N) is 1. The number of hydrogen-bond donors (Lipinski definition) is 1. The van der Waals surface area contributed by atoms with Crippen LogP contribution in [0.15, 0.2) is 18.2 Å². The molecule has 0 fully saturated rings. The van der Waals surface area contributed by atoms with E-state index in [9.17, 15) is 8.78 Å². The lowest BCUT2D eigenvalue weighted by atomic mass is 10.3. The number of benzene rings is 1. The maximum atomic E-state index is 12.3. The van der Waals surface area contributed by atoms with Gasteiger partial charge in [0, 0.05) is 18.8 Å². The zero-order chi connectivity index (χ0) is 9.56. The van der Waals surface area contributed by atoms with Crippen molar-refractivity contribution < 1.29 is 8.78 Å². The second kappa shape index (κ2) is 5.52. The zero-order valence-electron chi connectivity index (χ0n) is 7.49.